The van der Waals surface area contributed by atoms with Crippen LogP contribution in [0.4, 0.5) is 0 Å². The van der Waals surface area contributed by atoms with Crippen molar-refractivity contribution >= 4 is 17.5 Å². The number of rotatable bonds is 3. The van der Waals surface area contributed by atoms with Gasteiger partial charge in [-0.2, -0.15) is 0 Å². The van der Waals surface area contributed by atoms with E-state index in [1.54, 1.807) is 4.90 Å². The Morgan fingerprint density at radius 3 is 2.95 bits per heavy atom. The number of aliphatic hydroxyl groups excluding tert-OH is 2. The summed E-state index contributed by atoms with van der Waals surface area (Å²) in [6.07, 6.45) is 7.20. The van der Waals surface area contributed by atoms with Crippen molar-refractivity contribution in [2.45, 2.75) is 50.9 Å². The van der Waals surface area contributed by atoms with Crippen LogP contribution in [0.1, 0.15) is 32.6 Å². The predicted molar refractivity (Wildman–Crippen MR) is 78.2 cm³/mol. The minimum Gasteiger partial charge on any atom is -0.390 e. The van der Waals surface area contributed by atoms with Gasteiger partial charge in [0.1, 0.15) is 0 Å². The molecule has 1 aliphatic heterocycles. The molecule has 4 atom stereocenters. The molecule has 1 heterocycles. The third-order valence-corrected chi connectivity index (χ3v) is 4.38. The van der Waals surface area contributed by atoms with Gasteiger partial charge in [-0.25, -0.2) is 0 Å². The zero-order chi connectivity index (χ0) is 14.7. The highest BCUT2D eigenvalue weighted by molar-refractivity contribution is 6.29. The monoisotopic (exact) mass is 299 g/mol. The van der Waals surface area contributed by atoms with Crippen LogP contribution in [0.5, 0.6) is 0 Å². The summed E-state index contributed by atoms with van der Waals surface area (Å²) in [4.78, 5) is 14.0. The average Bonchev–Trinajstić information content (AvgIpc) is 2.80. The van der Waals surface area contributed by atoms with Gasteiger partial charge in [0.2, 0.25) is 0 Å². The maximum absolute atomic E-state index is 12.3. The predicted octanol–water partition coefficient (Wildman–Crippen LogP) is 1.81. The number of halogens is 1. The summed E-state index contributed by atoms with van der Waals surface area (Å²) in [5, 5.41) is 20.0. The highest BCUT2D eigenvalue weighted by Gasteiger charge is 2.37. The van der Waals surface area contributed by atoms with Crippen LogP contribution in [-0.4, -0.2) is 45.8 Å². The first-order chi connectivity index (χ1) is 9.50. The second kappa shape index (κ2) is 6.74. The van der Waals surface area contributed by atoms with Gasteiger partial charge < -0.3 is 15.1 Å². The number of amides is 1. The quantitative estimate of drug-likeness (QED) is 0.781. The lowest BCUT2D eigenvalue weighted by atomic mass is 9.93. The van der Waals surface area contributed by atoms with E-state index in [1.165, 1.54) is 6.92 Å². The van der Waals surface area contributed by atoms with E-state index in [1.807, 2.05) is 6.08 Å². The zero-order valence-electron chi connectivity index (χ0n) is 11.7. The van der Waals surface area contributed by atoms with E-state index in [4.69, 9.17) is 11.6 Å². The molecular formula is C15H22ClNO3. The number of allylic oxidation sites excluding steroid dienone is 3. The lowest BCUT2D eigenvalue weighted by Crippen LogP contribution is -2.48. The third-order valence-electron chi connectivity index (χ3n) is 4.08. The lowest BCUT2D eigenvalue weighted by Gasteiger charge is -2.32. The standard InChI is InChI=1S/C15H22ClNO3/c1-10(18)14(19)15(20)17-8-4-7-13(17)11-5-2-3-6-12(16)9-11/h2,5-6,10-11,13-14,18-19H,3-4,7-9H2,1H3/t10?,11-,13?,14?/m1/s1. The average molecular weight is 300 g/mol. The van der Waals surface area contributed by atoms with Crippen molar-refractivity contribution in [3.05, 3.63) is 23.3 Å². The third kappa shape index (κ3) is 3.43. The van der Waals surface area contributed by atoms with Gasteiger partial charge >= 0.3 is 0 Å². The summed E-state index contributed by atoms with van der Waals surface area (Å²) in [5.74, 6) is -0.186. The molecule has 1 saturated heterocycles. The number of aliphatic hydroxyl groups is 2. The van der Waals surface area contributed by atoms with Gasteiger partial charge in [-0.1, -0.05) is 29.8 Å². The zero-order valence-corrected chi connectivity index (χ0v) is 12.5. The van der Waals surface area contributed by atoms with Crippen LogP contribution >= 0.6 is 11.6 Å². The largest absolute Gasteiger partial charge is 0.390 e. The van der Waals surface area contributed by atoms with Crippen LogP contribution in [0, 0.1) is 5.92 Å². The molecule has 3 unspecified atom stereocenters. The Labute approximate surface area is 124 Å². The summed E-state index contributed by atoms with van der Waals surface area (Å²) < 4.78 is 0. The fraction of sp³-hybridized carbons (Fsp3) is 0.667. The Morgan fingerprint density at radius 2 is 2.25 bits per heavy atom. The summed E-state index contributed by atoms with van der Waals surface area (Å²) in [6.45, 7) is 2.07. The van der Waals surface area contributed by atoms with Crippen LogP contribution in [0.25, 0.3) is 0 Å². The van der Waals surface area contributed by atoms with E-state index in [9.17, 15) is 15.0 Å². The molecule has 1 fully saturated rings. The Balaban J connectivity index is 2.10. The molecular weight excluding hydrogens is 278 g/mol. The Kier molecular flexibility index (Phi) is 5.24. The molecule has 0 radical (unpaired) electrons. The fourth-order valence-electron chi connectivity index (χ4n) is 2.98. The van der Waals surface area contributed by atoms with Gasteiger partial charge in [0.25, 0.3) is 5.91 Å². The Bertz CT molecular complexity index is 419. The molecule has 2 N–H and O–H groups in total. The van der Waals surface area contributed by atoms with Crippen LogP contribution in [0.2, 0.25) is 0 Å². The first kappa shape index (κ1) is 15.5. The number of carbonyl (C=O) groups is 1. The van der Waals surface area contributed by atoms with Crippen molar-refractivity contribution < 1.29 is 15.0 Å². The van der Waals surface area contributed by atoms with Crippen LogP contribution < -0.4 is 0 Å². The molecule has 2 rings (SSSR count). The van der Waals surface area contributed by atoms with Crippen molar-refractivity contribution in [3.8, 4) is 0 Å². The second-order valence-electron chi connectivity index (χ2n) is 5.61. The van der Waals surface area contributed by atoms with E-state index in [-0.39, 0.29) is 17.9 Å². The number of nitrogens with zero attached hydrogens (tertiary/aromatic N) is 1. The number of hydrogen-bond acceptors (Lipinski definition) is 3. The molecule has 5 heteroatoms. The molecule has 1 aliphatic carbocycles. The highest BCUT2D eigenvalue weighted by Crippen LogP contribution is 2.32. The molecule has 0 saturated carbocycles. The molecule has 0 aromatic heterocycles. The highest BCUT2D eigenvalue weighted by atomic mass is 35.5. The first-order valence-corrected chi connectivity index (χ1v) is 7.56. The van der Waals surface area contributed by atoms with Crippen LogP contribution in [0.3, 0.4) is 0 Å². The molecule has 20 heavy (non-hydrogen) atoms. The van der Waals surface area contributed by atoms with E-state index in [0.717, 1.165) is 30.7 Å². The van der Waals surface area contributed by atoms with Gasteiger partial charge in [-0.05, 0) is 32.6 Å². The van der Waals surface area contributed by atoms with Gasteiger partial charge in [0.15, 0.2) is 6.10 Å². The summed E-state index contributed by atoms with van der Waals surface area (Å²) in [6, 6.07) is 0.0624. The van der Waals surface area contributed by atoms with E-state index < -0.39 is 12.2 Å². The first-order valence-electron chi connectivity index (χ1n) is 7.18. The maximum Gasteiger partial charge on any atom is 0.254 e. The summed E-state index contributed by atoms with van der Waals surface area (Å²) >= 11 is 6.16. The fourth-order valence-corrected chi connectivity index (χ4v) is 3.24. The second-order valence-corrected chi connectivity index (χ2v) is 6.09. The van der Waals surface area contributed by atoms with Crippen LogP contribution in [0.15, 0.2) is 23.3 Å². The molecule has 0 aromatic rings. The van der Waals surface area contributed by atoms with E-state index in [0.29, 0.717) is 6.54 Å². The molecule has 0 aromatic carbocycles. The number of hydrogen-bond donors (Lipinski definition) is 2. The van der Waals surface area contributed by atoms with Crippen molar-refractivity contribution in [1.82, 2.24) is 4.90 Å². The maximum atomic E-state index is 12.3. The minimum atomic E-state index is -1.34. The van der Waals surface area contributed by atoms with Crippen LogP contribution in [-0.2, 0) is 4.79 Å². The van der Waals surface area contributed by atoms with Crippen molar-refractivity contribution in [2.24, 2.45) is 5.92 Å². The van der Waals surface area contributed by atoms with E-state index in [2.05, 4.69) is 12.2 Å². The van der Waals surface area contributed by atoms with Crippen molar-refractivity contribution in [1.29, 1.82) is 0 Å². The van der Waals surface area contributed by atoms with Gasteiger partial charge in [-0.15, -0.1) is 0 Å². The topological polar surface area (TPSA) is 60.8 Å². The lowest BCUT2D eigenvalue weighted by molar-refractivity contribution is -0.146. The van der Waals surface area contributed by atoms with Crippen molar-refractivity contribution in [3.63, 3.8) is 0 Å². The molecule has 0 spiro atoms. The molecule has 1 amide bonds. The van der Waals surface area contributed by atoms with Gasteiger partial charge in [0, 0.05) is 23.5 Å². The van der Waals surface area contributed by atoms with Crippen molar-refractivity contribution in [2.75, 3.05) is 6.54 Å². The van der Waals surface area contributed by atoms with Gasteiger partial charge in [-0.3, -0.25) is 4.79 Å². The molecule has 0 bridgehead atoms. The number of likely N-dealkylation sites (tertiary alicyclic amines) is 1. The SMILES string of the molecule is CC(O)C(O)C(=O)N1CCCC1[C@@H]1C=CCC=C(Cl)C1. The normalized spacial score (nSPS) is 29.8. The Morgan fingerprint density at radius 1 is 1.50 bits per heavy atom. The molecule has 2 aliphatic rings. The molecule has 112 valence electrons. The number of carbonyl (C=O) groups excluding carboxylic acids is 1. The smallest absolute Gasteiger partial charge is 0.254 e. The van der Waals surface area contributed by atoms with E-state index >= 15 is 0 Å². The molecule has 4 nitrogen and oxygen atoms in total. The van der Waals surface area contributed by atoms with Gasteiger partial charge in [0.05, 0.1) is 6.10 Å². The summed E-state index contributed by atoms with van der Waals surface area (Å²) in [5.41, 5.74) is 0. The minimum absolute atomic E-state index is 0.0624. The Hall–Kier alpha value is -0.840. The summed E-state index contributed by atoms with van der Waals surface area (Å²) in [7, 11) is 0.